The van der Waals surface area contributed by atoms with Crippen LogP contribution in [-0.2, 0) is 6.61 Å². The Morgan fingerprint density at radius 3 is 2.16 bits per heavy atom. The van der Waals surface area contributed by atoms with E-state index in [-0.39, 0.29) is 12.7 Å². The highest BCUT2D eigenvalue weighted by Crippen LogP contribution is 2.29. The zero-order valence-corrected chi connectivity index (χ0v) is 11.7. The van der Waals surface area contributed by atoms with E-state index in [2.05, 4.69) is 12.1 Å². The zero-order valence-electron chi connectivity index (χ0n) is 11.7. The minimum absolute atomic E-state index is 0.0126. The van der Waals surface area contributed by atoms with Crippen LogP contribution in [0.1, 0.15) is 35.3 Å². The number of aliphatic hydroxyl groups excluding tert-OH is 1. The van der Waals surface area contributed by atoms with E-state index in [1.165, 1.54) is 0 Å². The van der Waals surface area contributed by atoms with Crippen molar-refractivity contribution >= 4 is 0 Å². The van der Waals surface area contributed by atoms with Crippen LogP contribution in [-0.4, -0.2) is 5.11 Å². The molecule has 0 aromatic heterocycles. The van der Waals surface area contributed by atoms with Gasteiger partial charge in [0.15, 0.2) is 0 Å². The topological polar surface area (TPSA) is 29.5 Å². The summed E-state index contributed by atoms with van der Waals surface area (Å²) in [4.78, 5) is 0. The molecule has 2 rings (SSSR count). The summed E-state index contributed by atoms with van der Waals surface area (Å²) in [6.45, 7) is 6.14. The molecule has 2 heteroatoms. The van der Waals surface area contributed by atoms with Gasteiger partial charge in [0.1, 0.15) is 11.9 Å². The first-order valence-electron chi connectivity index (χ1n) is 6.54. The minimum Gasteiger partial charge on any atom is -0.485 e. The molecule has 1 N–H and O–H groups in total. The van der Waals surface area contributed by atoms with Crippen molar-refractivity contribution in [1.29, 1.82) is 0 Å². The minimum atomic E-state index is 0.0126. The molecule has 2 aromatic rings. The molecule has 0 heterocycles. The van der Waals surface area contributed by atoms with Gasteiger partial charge in [-0.3, -0.25) is 0 Å². The smallest absolute Gasteiger partial charge is 0.126 e. The fourth-order valence-electron chi connectivity index (χ4n) is 2.29. The molecule has 0 radical (unpaired) electrons. The van der Waals surface area contributed by atoms with Crippen LogP contribution in [0.15, 0.2) is 42.5 Å². The molecule has 2 aromatic carbocycles. The first-order valence-corrected chi connectivity index (χ1v) is 6.54. The van der Waals surface area contributed by atoms with E-state index in [0.717, 1.165) is 28.0 Å². The molecule has 1 atom stereocenters. The van der Waals surface area contributed by atoms with Crippen molar-refractivity contribution in [1.82, 2.24) is 0 Å². The summed E-state index contributed by atoms with van der Waals surface area (Å²) in [7, 11) is 0. The van der Waals surface area contributed by atoms with Crippen LogP contribution in [0.5, 0.6) is 5.75 Å². The lowest BCUT2D eigenvalue weighted by atomic mass is 10.1. The first kappa shape index (κ1) is 13.6. The van der Waals surface area contributed by atoms with Gasteiger partial charge in [0.25, 0.3) is 0 Å². The number of hydrogen-bond donors (Lipinski definition) is 1. The number of benzene rings is 2. The second-order valence-corrected chi connectivity index (χ2v) is 4.89. The highest BCUT2D eigenvalue weighted by molar-refractivity contribution is 5.43. The molecule has 2 nitrogen and oxygen atoms in total. The lowest BCUT2D eigenvalue weighted by molar-refractivity contribution is 0.223. The maximum Gasteiger partial charge on any atom is 0.126 e. The van der Waals surface area contributed by atoms with Crippen molar-refractivity contribution in [2.45, 2.75) is 33.5 Å². The summed E-state index contributed by atoms with van der Waals surface area (Å²) in [6, 6.07) is 14.1. The van der Waals surface area contributed by atoms with Crippen LogP contribution in [0.4, 0.5) is 0 Å². The highest BCUT2D eigenvalue weighted by atomic mass is 16.5. The van der Waals surface area contributed by atoms with Crippen molar-refractivity contribution < 1.29 is 9.84 Å². The third-order valence-electron chi connectivity index (χ3n) is 3.27. The average Bonchev–Trinajstić information content (AvgIpc) is 2.43. The van der Waals surface area contributed by atoms with Crippen molar-refractivity contribution in [2.24, 2.45) is 0 Å². The Labute approximate surface area is 114 Å². The molecule has 0 saturated carbocycles. The van der Waals surface area contributed by atoms with Crippen molar-refractivity contribution in [2.75, 3.05) is 0 Å². The quantitative estimate of drug-likeness (QED) is 0.898. The molecule has 100 valence electrons. The summed E-state index contributed by atoms with van der Waals surface area (Å²) < 4.78 is 6.08. The van der Waals surface area contributed by atoms with Gasteiger partial charge in [-0.25, -0.2) is 0 Å². The van der Waals surface area contributed by atoms with E-state index in [9.17, 15) is 5.11 Å². The van der Waals surface area contributed by atoms with E-state index >= 15 is 0 Å². The normalized spacial score (nSPS) is 12.2. The first-order chi connectivity index (χ1) is 9.11. The van der Waals surface area contributed by atoms with Gasteiger partial charge in [-0.05, 0) is 43.0 Å². The number of hydrogen-bond acceptors (Lipinski definition) is 2. The van der Waals surface area contributed by atoms with Crippen LogP contribution >= 0.6 is 0 Å². The Morgan fingerprint density at radius 1 is 1.05 bits per heavy atom. The Balaban J connectivity index is 2.24. The standard InChI is InChI=1S/C17H20O2/c1-12-9-15(11-18)10-13(2)17(12)19-14(3)16-7-5-4-6-8-16/h4-10,14,18H,11H2,1-3H3. The van der Waals surface area contributed by atoms with E-state index in [0.29, 0.717) is 0 Å². The maximum atomic E-state index is 9.20. The molecular formula is C17H20O2. The molecule has 19 heavy (non-hydrogen) atoms. The van der Waals surface area contributed by atoms with E-state index < -0.39 is 0 Å². The van der Waals surface area contributed by atoms with Crippen LogP contribution < -0.4 is 4.74 Å². The van der Waals surface area contributed by atoms with Crippen molar-refractivity contribution in [3.05, 3.63) is 64.7 Å². The molecule has 0 saturated heterocycles. The second kappa shape index (κ2) is 5.89. The second-order valence-electron chi connectivity index (χ2n) is 4.89. The summed E-state index contributed by atoms with van der Waals surface area (Å²) >= 11 is 0. The third kappa shape index (κ3) is 3.15. The summed E-state index contributed by atoms with van der Waals surface area (Å²) in [5.41, 5.74) is 4.21. The Morgan fingerprint density at radius 2 is 1.63 bits per heavy atom. The molecule has 0 aliphatic carbocycles. The average molecular weight is 256 g/mol. The third-order valence-corrected chi connectivity index (χ3v) is 3.27. The largest absolute Gasteiger partial charge is 0.485 e. The Hall–Kier alpha value is -1.80. The Kier molecular flexibility index (Phi) is 4.23. The van der Waals surface area contributed by atoms with E-state index in [1.807, 2.05) is 51.1 Å². The van der Waals surface area contributed by atoms with Gasteiger partial charge in [0.05, 0.1) is 6.61 Å². The van der Waals surface area contributed by atoms with Crippen molar-refractivity contribution in [3.63, 3.8) is 0 Å². The van der Waals surface area contributed by atoms with Gasteiger partial charge in [-0.1, -0.05) is 42.5 Å². The summed E-state index contributed by atoms with van der Waals surface area (Å²) in [5, 5.41) is 9.20. The molecule has 0 spiro atoms. The molecule has 0 bridgehead atoms. The van der Waals surface area contributed by atoms with Gasteiger partial charge in [0, 0.05) is 0 Å². The summed E-state index contributed by atoms with van der Waals surface area (Å²) in [6.07, 6.45) is 0.0126. The monoisotopic (exact) mass is 256 g/mol. The molecule has 0 aliphatic rings. The number of rotatable bonds is 4. The maximum absolute atomic E-state index is 9.20. The van der Waals surface area contributed by atoms with Crippen LogP contribution in [0, 0.1) is 13.8 Å². The lowest BCUT2D eigenvalue weighted by Gasteiger charge is -2.19. The van der Waals surface area contributed by atoms with Crippen LogP contribution in [0.25, 0.3) is 0 Å². The van der Waals surface area contributed by atoms with Crippen molar-refractivity contribution in [3.8, 4) is 5.75 Å². The van der Waals surface area contributed by atoms with Crippen LogP contribution in [0.3, 0.4) is 0 Å². The predicted molar refractivity (Wildman–Crippen MR) is 77.3 cm³/mol. The SMILES string of the molecule is Cc1cc(CO)cc(C)c1OC(C)c1ccccc1. The van der Waals surface area contributed by atoms with Gasteiger partial charge < -0.3 is 9.84 Å². The van der Waals surface area contributed by atoms with Gasteiger partial charge >= 0.3 is 0 Å². The van der Waals surface area contributed by atoms with E-state index in [1.54, 1.807) is 0 Å². The number of aliphatic hydroxyl groups is 1. The molecule has 0 amide bonds. The molecular weight excluding hydrogens is 236 g/mol. The Bertz CT molecular complexity index is 523. The molecule has 0 fully saturated rings. The molecule has 1 unspecified atom stereocenters. The fraction of sp³-hybridized carbons (Fsp3) is 0.294. The van der Waals surface area contributed by atoms with Gasteiger partial charge in [-0.2, -0.15) is 0 Å². The molecule has 0 aliphatic heterocycles. The number of aryl methyl sites for hydroxylation is 2. The van der Waals surface area contributed by atoms with Gasteiger partial charge in [0.2, 0.25) is 0 Å². The fourth-order valence-corrected chi connectivity index (χ4v) is 2.29. The lowest BCUT2D eigenvalue weighted by Crippen LogP contribution is -2.05. The van der Waals surface area contributed by atoms with Crippen LogP contribution in [0.2, 0.25) is 0 Å². The highest BCUT2D eigenvalue weighted by Gasteiger charge is 2.11. The predicted octanol–water partition coefficient (Wildman–Crippen LogP) is 3.94. The number of ether oxygens (including phenoxy) is 1. The van der Waals surface area contributed by atoms with Gasteiger partial charge in [-0.15, -0.1) is 0 Å². The summed E-state index contributed by atoms with van der Waals surface area (Å²) in [5.74, 6) is 0.911. The van der Waals surface area contributed by atoms with E-state index in [4.69, 9.17) is 4.74 Å². The zero-order chi connectivity index (χ0) is 13.8.